The molecule has 0 saturated heterocycles. The van der Waals surface area contributed by atoms with Crippen molar-refractivity contribution in [3.05, 3.63) is 88.2 Å². The minimum absolute atomic E-state index is 0.103. The summed E-state index contributed by atoms with van der Waals surface area (Å²) in [7, 11) is 0. The van der Waals surface area contributed by atoms with Crippen LogP contribution in [0.2, 0.25) is 0 Å². The predicted octanol–water partition coefficient (Wildman–Crippen LogP) is 5.12. The molecule has 0 saturated carbocycles. The number of fused-ring (bicyclic) bond motifs is 4. The van der Waals surface area contributed by atoms with Crippen molar-refractivity contribution in [2.45, 2.75) is 26.3 Å². The smallest absolute Gasteiger partial charge is 0.232 e. The monoisotopic (exact) mass is 455 g/mol. The number of hydrogen-bond donors (Lipinski definition) is 0. The molecule has 0 unspecified atom stereocenters. The highest BCUT2D eigenvalue weighted by molar-refractivity contribution is 6.16. The number of rotatable bonds is 5. The molecule has 0 fully saturated rings. The van der Waals surface area contributed by atoms with Crippen molar-refractivity contribution < 1.29 is 23.7 Å². The second kappa shape index (κ2) is 8.54. The number of aryl methyl sites for hydroxylation is 2. The van der Waals surface area contributed by atoms with E-state index >= 15 is 0 Å². The number of hydrogen-bond acceptors (Lipinski definition) is 6. The van der Waals surface area contributed by atoms with Gasteiger partial charge in [0, 0.05) is 13.1 Å². The van der Waals surface area contributed by atoms with Crippen molar-refractivity contribution in [1.82, 2.24) is 4.90 Å². The third-order valence-electron chi connectivity index (χ3n) is 6.46. The first kappa shape index (κ1) is 20.8. The molecular weight excluding hydrogens is 430 g/mol. The van der Waals surface area contributed by atoms with Crippen LogP contribution in [0.15, 0.2) is 60.4 Å². The first-order valence-electron chi connectivity index (χ1n) is 11.5. The Morgan fingerprint density at radius 3 is 2.71 bits per heavy atom. The van der Waals surface area contributed by atoms with Crippen LogP contribution in [-0.4, -0.2) is 30.8 Å². The lowest BCUT2D eigenvalue weighted by Gasteiger charge is -2.30. The second-order valence-electron chi connectivity index (χ2n) is 8.84. The van der Waals surface area contributed by atoms with E-state index in [0.29, 0.717) is 41.8 Å². The standard InChI is InChI=1S/C28H25NO5/c1-18-12-23-21(15-29(16-31-23)11-5-8-19-6-3-2-4-7-19)28-26(18)27(30)25(34-28)14-20-9-10-22-24(13-20)33-17-32-22/h2-4,6-7,9-10,12-14H,5,8,11,15-17H2,1H3/b25-14-. The summed E-state index contributed by atoms with van der Waals surface area (Å²) >= 11 is 0. The summed E-state index contributed by atoms with van der Waals surface area (Å²) < 4.78 is 23.1. The van der Waals surface area contributed by atoms with Crippen molar-refractivity contribution in [3.63, 3.8) is 0 Å². The molecule has 3 aliphatic rings. The number of allylic oxidation sites excluding steroid dienone is 1. The fourth-order valence-corrected chi connectivity index (χ4v) is 4.73. The fraction of sp³-hybridized carbons (Fsp3) is 0.250. The van der Waals surface area contributed by atoms with Crippen LogP contribution in [0.1, 0.15) is 39.0 Å². The van der Waals surface area contributed by atoms with Gasteiger partial charge in [0.2, 0.25) is 12.6 Å². The molecule has 0 aromatic heterocycles. The Labute approximate surface area is 198 Å². The number of Topliss-reactive ketones (excluding diaryl/α,β-unsaturated/α-hetero) is 1. The van der Waals surface area contributed by atoms with E-state index in [1.54, 1.807) is 6.08 Å². The molecule has 3 aromatic rings. The second-order valence-corrected chi connectivity index (χ2v) is 8.84. The highest BCUT2D eigenvalue weighted by Crippen LogP contribution is 2.44. The van der Waals surface area contributed by atoms with E-state index < -0.39 is 0 Å². The number of ether oxygens (including phenoxy) is 4. The number of ketones is 1. The Bertz CT molecular complexity index is 1300. The molecule has 6 rings (SSSR count). The van der Waals surface area contributed by atoms with Crippen LogP contribution in [0.3, 0.4) is 0 Å². The van der Waals surface area contributed by atoms with Crippen molar-refractivity contribution >= 4 is 11.9 Å². The van der Waals surface area contributed by atoms with E-state index in [1.165, 1.54) is 5.56 Å². The third kappa shape index (κ3) is 3.80. The molecule has 0 spiro atoms. The van der Waals surface area contributed by atoms with Crippen LogP contribution in [0.5, 0.6) is 23.0 Å². The van der Waals surface area contributed by atoms with Gasteiger partial charge in [0.25, 0.3) is 0 Å². The summed E-state index contributed by atoms with van der Waals surface area (Å²) in [6, 6.07) is 18.0. The van der Waals surface area contributed by atoms with Crippen LogP contribution in [0.4, 0.5) is 0 Å². The average Bonchev–Trinajstić information content (AvgIpc) is 3.45. The Kier molecular flexibility index (Phi) is 5.23. The minimum atomic E-state index is -0.103. The van der Waals surface area contributed by atoms with Gasteiger partial charge < -0.3 is 18.9 Å². The van der Waals surface area contributed by atoms with Crippen molar-refractivity contribution in [3.8, 4) is 23.0 Å². The Hall–Kier alpha value is -3.77. The van der Waals surface area contributed by atoms with Crippen molar-refractivity contribution in [2.24, 2.45) is 0 Å². The predicted molar refractivity (Wildman–Crippen MR) is 127 cm³/mol. The van der Waals surface area contributed by atoms with Gasteiger partial charge in [0.15, 0.2) is 17.3 Å². The summed E-state index contributed by atoms with van der Waals surface area (Å²) in [5.74, 6) is 3.01. The van der Waals surface area contributed by atoms with E-state index in [1.807, 2.05) is 37.3 Å². The molecule has 0 N–H and O–H groups in total. The molecule has 0 aliphatic carbocycles. The molecule has 6 heteroatoms. The van der Waals surface area contributed by atoms with E-state index in [9.17, 15) is 4.79 Å². The first-order chi connectivity index (χ1) is 16.7. The van der Waals surface area contributed by atoms with E-state index in [0.717, 1.165) is 41.8 Å². The van der Waals surface area contributed by atoms with Gasteiger partial charge in [-0.2, -0.15) is 0 Å². The summed E-state index contributed by atoms with van der Waals surface area (Å²) in [6.07, 6.45) is 3.82. The van der Waals surface area contributed by atoms with E-state index in [2.05, 4.69) is 29.2 Å². The summed E-state index contributed by atoms with van der Waals surface area (Å²) in [4.78, 5) is 15.5. The minimum Gasteiger partial charge on any atom is -0.478 e. The molecule has 0 bridgehead atoms. The van der Waals surface area contributed by atoms with Gasteiger partial charge in [0.1, 0.15) is 18.2 Å². The Morgan fingerprint density at radius 2 is 1.82 bits per heavy atom. The fourth-order valence-electron chi connectivity index (χ4n) is 4.73. The molecule has 0 amide bonds. The van der Waals surface area contributed by atoms with E-state index in [-0.39, 0.29) is 12.6 Å². The van der Waals surface area contributed by atoms with Crippen LogP contribution in [-0.2, 0) is 13.0 Å². The number of benzene rings is 3. The van der Waals surface area contributed by atoms with E-state index in [4.69, 9.17) is 18.9 Å². The van der Waals surface area contributed by atoms with Gasteiger partial charge in [-0.3, -0.25) is 9.69 Å². The lowest BCUT2D eigenvalue weighted by atomic mass is 9.98. The Balaban J connectivity index is 1.22. The summed E-state index contributed by atoms with van der Waals surface area (Å²) in [5.41, 5.74) is 4.59. The number of carbonyl (C=O) groups excluding carboxylic acids is 1. The molecule has 172 valence electrons. The SMILES string of the molecule is Cc1cc2c(c3c1C(=O)/C(=C/c1ccc4c(c1)OCO4)O3)CN(CCCc1ccccc1)CO2. The molecule has 6 nitrogen and oxygen atoms in total. The molecule has 3 heterocycles. The van der Waals surface area contributed by atoms with Gasteiger partial charge in [-0.15, -0.1) is 0 Å². The zero-order valence-electron chi connectivity index (χ0n) is 19.0. The van der Waals surface area contributed by atoms with Crippen LogP contribution >= 0.6 is 0 Å². The maximum Gasteiger partial charge on any atom is 0.232 e. The molecule has 34 heavy (non-hydrogen) atoms. The van der Waals surface area contributed by atoms with Crippen LogP contribution in [0, 0.1) is 6.92 Å². The van der Waals surface area contributed by atoms with Gasteiger partial charge >= 0.3 is 0 Å². The third-order valence-corrected chi connectivity index (χ3v) is 6.46. The molecule has 3 aliphatic heterocycles. The Morgan fingerprint density at radius 1 is 0.971 bits per heavy atom. The van der Waals surface area contributed by atoms with Crippen LogP contribution < -0.4 is 18.9 Å². The summed E-state index contributed by atoms with van der Waals surface area (Å²) in [5, 5.41) is 0. The van der Waals surface area contributed by atoms with Gasteiger partial charge in [-0.1, -0.05) is 36.4 Å². The molecular formula is C28H25NO5. The largest absolute Gasteiger partial charge is 0.478 e. The molecule has 0 radical (unpaired) electrons. The quantitative estimate of drug-likeness (QED) is 0.498. The number of nitrogens with zero attached hydrogens (tertiary/aromatic N) is 1. The number of carbonyl (C=O) groups is 1. The zero-order valence-corrected chi connectivity index (χ0v) is 19.0. The topological polar surface area (TPSA) is 57.2 Å². The van der Waals surface area contributed by atoms with Gasteiger partial charge in [0.05, 0.1) is 11.1 Å². The maximum atomic E-state index is 13.2. The van der Waals surface area contributed by atoms with Gasteiger partial charge in [-0.25, -0.2) is 0 Å². The lowest BCUT2D eigenvalue weighted by Crippen LogP contribution is -2.33. The van der Waals surface area contributed by atoms with Gasteiger partial charge in [-0.05, 0) is 60.7 Å². The highest BCUT2D eigenvalue weighted by Gasteiger charge is 2.35. The summed E-state index contributed by atoms with van der Waals surface area (Å²) in [6.45, 7) is 4.28. The maximum absolute atomic E-state index is 13.2. The average molecular weight is 456 g/mol. The van der Waals surface area contributed by atoms with Crippen LogP contribution in [0.25, 0.3) is 6.08 Å². The normalized spacial score (nSPS) is 17.3. The van der Waals surface area contributed by atoms with Crippen molar-refractivity contribution in [1.29, 1.82) is 0 Å². The first-order valence-corrected chi connectivity index (χ1v) is 11.5. The molecule has 0 atom stereocenters. The molecule has 3 aromatic carbocycles. The zero-order chi connectivity index (χ0) is 23.1. The van der Waals surface area contributed by atoms with Crippen molar-refractivity contribution in [2.75, 3.05) is 20.1 Å². The lowest BCUT2D eigenvalue weighted by molar-refractivity contribution is 0.0928. The highest BCUT2D eigenvalue weighted by atomic mass is 16.7.